The van der Waals surface area contributed by atoms with Crippen LogP contribution in [0.15, 0.2) is 24.3 Å². The van der Waals surface area contributed by atoms with E-state index in [2.05, 4.69) is 36.2 Å². The summed E-state index contributed by atoms with van der Waals surface area (Å²) in [4.78, 5) is 16.1. The van der Waals surface area contributed by atoms with Crippen molar-refractivity contribution in [2.24, 2.45) is 5.92 Å². The van der Waals surface area contributed by atoms with Crippen molar-refractivity contribution in [3.05, 3.63) is 34.7 Å². The van der Waals surface area contributed by atoms with E-state index in [-0.39, 0.29) is 5.91 Å². The zero-order valence-electron chi connectivity index (χ0n) is 15.4. The number of fused-ring (bicyclic) bond motifs is 1. The van der Waals surface area contributed by atoms with E-state index in [0.717, 1.165) is 43.2 Å². The second kappa shape index (κ2) is 8.30. The zero-order chi connectivity index (χ0) is 17.8. The lowest BCUT2D eigenvalue weighted by Crippen LogP contribution is -2.49. The number of rotatable bonds is 6. The Bertz CT molecular complexity index is 720. The monoisotopic (exact) mass is 360 g/mol. The number of carbonyl (C=O) groups excluding carboxylic acids is 1. The highest BCUT2D eigenvalue weighted by Crippen LogP contribution is 2.30. The van der Waals surface area contributed by atoms with Gasteiger partial charge in [0.05, 0.1) is 18.1 Å². The zero-order valence-corrected chi connectivity index (χ0v) is 16.2. The molecular formula is C20H28N2O2S. The lowest BCUT2D eigenvalue weighted by atomic mass is 10.0. The van der Waals surface area contributed by atoms with E-state index >= 15 is 0 Å². The molecule has 0 aliphatic carbocycles. The number of hydrogen-bond acceptors (Lipinski definition) is 4. The van der Waals surface area contributed by atoms with Crippen LogP contribution in [0.4, 0.5) is 0 Å². The van der Waals surface area contributed by atoms with E-state index in [4.69, 9.17) is 4.74 Å². The summed E-state index contributed by atoms with van der Waals surface area (Å²) in [6.07, 6.45) is 1.09. The number of ether oxygens (including phenoxy) is 1. The fraction of sp³-hybridized carbons (Fsp3) is 0.550. The van der Waals surface area contributed by atoms with Gasteiger partial charge in [-0.15, -0.1) is 11.3 Å². The largest absolute Gasteiger partial charge is 0.379 e. The van der Waals surface area contributed by atoms with Crippen molar-refractivity contribution in [3.63, 3.8) is 0 Å². The maximum Gasteiger partial charge on any atom is 0.261 e. The summed E-state index contributed by atoms with van der Waals surface area (Å²) < 4.78 is 6.65. The van der Waals surface area contributed by atoms with Crippen LogP contribution in [0.1, 0.15) is 35.5 Å². The van der Waals surface area contributed by atoms with Gasteiger partial charge in [-0.1, -0.05) is 32.0 Å². The number of benzene rings is 1. The first-order valence-corrected chi connectivity index (χ1v) is 9.96. The molecule has 1 aliphatic rings. The van der Waals surface area contributed by atoms with Crippen LogP contribution < -0.4 is 5.32 Å². The molecule has 5 heteroatoms. The number of morpholine rings is 1. The minimum atomic E-state index is 0.0562. The Morgan fingerprint density at radius 1 is 1.28 bits per heavy atom. The van der Waals surface area contributed by atoms with Crippen LogP contribution in [0, 0.1) is 12.8 Å². The Morgan fingerprint density at radius 3 is 2.68 bits per heavy atom. The molecule has 4 nitrogen and oxygen atoms in total. The van der Waals surface area contributed by atoms with Crippen LogP contribution in [-0.2, 0) is 4.74 Å². The van der Waals surface area contributed by atoms with Gasteiger partial charge < -0.3 is 10.1 Å². The number of amides is 1. The molecule has 0 saturated carbocycles. The normalized spacial score (nSPS) is 17.1. The quantitative estimate of drug-likeness (QED) is 0.854. The van der Waals surface area contributed by atoms with Gasteiger partial charge in [0.2, 0.25) is 0 Å². The van der Waals surface area contributed by atoms with Crippen molar-refractivity contribution in [2.45, 2.75) is 33.2 Å². The molecule has 0 spiro atoms. The highest BCUT2D eigenvalue weighted by atomic mass is 32.1. The van der Waals surface area contributed by atoms with Gasteiger partial charge in [-0.05, 0) is 36.3 Å². The van der Waals surface area contributed by atoms with Crippen LogP contribution in [0.3, 0.4) is 0 Å². The van der Waals surface area contributed by atoms with Gasteiger partial charge >= 0.3 is 0 Å². The first-order chi connectivity index (χ1) is 12.1. The van der Waals surface area contributed by atoms with Gasteiger partial charge in [-0.2, -0.15) is 0 Å². The second-order valence-corrected chi connectivity index (χ2v) is 8.25. The van der Waals surface area contributed by atoms with Crippen LogP contribution in [0.2, 0.25) is 0 Å². The molecule has 1 aromatic heterocycles. The number of thiophene rings is 1. The lowest BCUT2D eigenvalue weighted by Gasteiger charge is -2.35. The van der Waals surface area contributed by atoms with Gasteiger partial charge in [0.15, 0.2) is 0 Å². The Kier molecular flexibility index (Phi) is 6.10. The standard InChI is InChI=1S/C20H28N2O2S/c1-14(2)12-16(22-8-10-24-11-9-22)13-21-20(23)19-15(3)17-6-4-5-7-18(17)25-19/h4-7,14,16H,8-13H2,1-3H3,(H,21,23). The van der Waals surface area contributed by atoms with Crippen LogP contribution >= 0.6 is 11.3 Å². The van der Waals surface area contributed by atoms with Gasteiger partial charge in [-0.25, -0.2) is 0 Å². The molecule has 0 radical (unpaired) electrons. The molecule has 2 aromatic rings. The highest BCUT2D eigenvalue weighted by molar-refractivity contribution is 7.21. The number of nitrogens with zero attached hydrogens (tertiary/aromatic N) is 1. The summed E-state index contributed by atoms with van der Waals surface area (Å²) in [7, 11) is 0. The molecule has 0 bridgehead atoms. The molecular weight excluding hydrogens is 332 g/mol. The Balaban J connectivity index is 1.68. The third-order valence-corrected chi connectivity index (χ3v) is 6.13. The van der Waals surface area contributed by atoms with Gasteiger partial charge in [0.1, 0.15) is 0 Å². The molecule has 1 fully saturated rings. The number of nitrogens with one attached hydrogen (secondary N) is 1. The first kappa shape index (κ1) is 18.4. The van der Waals surface area contributed by atoms with Gasteiger partial charge in [0.25, 0.3) is 5.91 Å². The van der Waals surface area contributed by atoms with E-state index in [1.54, 1.807) is 11.3 Å². The van der Waals surface area contributed by atoms with Gasteiger partial charge in [0, 0.05) is 30.4 Å². The molecule has 25 heavy (non-hydrogen) atoms. The molecule has 1 N–H and O–H groups in total. The van der Waals surface area contributed by atoms with E-state index in [1.165, 1.54) is 10.1 Å². The third kappa shape index (κ3) is 4.40. The summed E-state index contributed by atoms with van der Waals surface area (Å²) in [6.45, 7) is 10.7. The minimum Gasteiger partial charge on any atom is -0.379 e. The van der Waals surface area contributed by atoms with Crippen LogP contribution in [0.5, 0.6) is 0 Å². The van der Waals surface area contributed by atoms with Crippen molar-refractivity contribution in [1.82, 2.24) is 10.2 Å². The van der Waals surface area contributed by atoms with Crippen molar-refractivity contribution in [1.29, 1.82) is 0 Å². The van der Waals surface area contributed by atoms with E-state index in [0.29, 0.717) is 18.5 Å². The van der Waals surface area contributed by atoms with Gasteiger partial charge in [-0.3, -0.25) is 9.69 Å². The number of hydrogen-bond donors (Lipinski definition) is 1. The van der Waals surface area contributed by atoms with Crippen molar-refractivity contribution >= 4 is 27.3 Å². The number of carbonyl (C=O) groups is 1. The highest BCUT2D eigenvalue weighted by Gasteiger charge is 2.23. The van der Waals surface area contributed by atoms with Crippen molar-refractivity contribution in [2.75, 3.05) is 32.8 Å². The maximum atomic E-state index is 12.8. The summed E-state index contributed by atoms with van der Waals surface area (Å²) in [5.74, 6) is 0.663. The topological polar surface area (TPSA) is 41.6 Å². The Hall–Kier alpha value is -1.43. The van der Waals surface area contributed by atoms with Crippen molar-refractivity contribution < 1.29 is 9.53 Å². The smallest absolute Gasteiger partial charge is 0.261 e. The third-order valence-electron chi connectivity index (χ3n) is 4.85. The fourth-order valence-corrected chi connectivity index (χ4v) is 4.66. The predicted octanol–water partition coefficient (Wildman–Crippen LogP) is 3.69. The summed E-state index contributed by atoms with van der Waals surface area (Å²) >= 11 is 1.59. The first-order valence-electron chi connectivity index (χ1n) is 9.14. The summed E-state index contributed by atoms with van der Waals surface area (Å²) in [5.41, 5.74) is 1.09. The number of aryl methyl sites for hydroxylation is 1. The van der Waals surface area contributed by atoms with E-state index in [9.17, 15) is 4.79 Å². The van der Waals surface area contributed by atoms with Crippen LogP contribution in [0.25, 0.3) is 10.1 Å². The predicted molar refractivity (Wildman–Crippen MR) is 105 cm³/mol. The average Bonchev–Trinajstić information content (AvgIpc) is 2.96. The van der Waals surface area contributed by atoms with Crippen LogP contribution in [-0.4, -0.2) is 49.7 Å². The molecule has 1 aliphatic heterocycles. The Labute approximate surface area is 154 Å². The molecule has 2 heterocycles. The summed E-state index contributed by atoms with van der Waals surface area (Å²) in [5, 5.41) is 4.38. The molecule has 1 atom stereocenters. The van der Waals surface area contributed by atoms with Crippen molar-refractivity contribution in [3.8, 4) is 0 Å². The maximum absolute atomic E-state index is 12.8. The molecule has 1 aromatic carbocycles. The molecule has 3 rings (SSSR count). The molecule has 1 amide bonds. The average molecular weight is 361 g/mol. The molecule has 1 saturated heterocycles. The van der Waals surface area contributed by atoms with E-state index in [1.807, 2.05) is 19.1 Å². The molecule has 136 valence electrons. The second-order valence-electron chi connectivity index (χ2n) is 7.19. The fourth-order valence-electron chi connectivity index (χ4n) is 3.53. The Morgan fingerprint density at radius 2 is 2.00 bits per heavy atom. The molecule has 1 unspecified atom stereocenters. The minimum absolute atomic E-state index is 0.0562. The SMILES string of the molecule is Cc1c(C(=O)NCC(CC(C)C)N2CCOCC2)sc2ccccc12. The summed E-state index contributed by atoms with van der Waals surface area (Å²) in [6, 6.07) is 8.60. The lowest BCUT2D eigenvalue weighted by molar-refractivity contribution is 0.0125. The van der Waals surface area contributed by atoms with E-state index < -0.39 is 0 Å².